The van der Waals surface area contributed by atoms with E-state index in [-0.39, 0.29) is 5.60 Å². The Kier molecular flexibility index (Phi) is 3.20. The molecule has 0 bridgehead atoms. The van der Waals surface area contributed by atoms with Crippen LogP contribution in [0.2, 0.25) is 0 Å². The standard InChI is InChI=1S/C11H15NO/c1-4-8-11(2,13-3)10-7-5-6-9-12-10/h4-7,9H,1,8H2,2-3H3. The molecule has 0 saturated heterocycles. The Morgan fingerprint density at radius 3 is 2.85 bits per heavy atom. The van der Waals surface area contributed by atoms with Crippen LogP contribution < -0.4 is 0 Å². The average Bonchev–Trinajstić information content (AvgIpc) is 2.19. The Bertz CT molecular complexity index is 271. The molecule has 1 atom stereocenters. The molecular formula is C11H15NO. The predicted molar refractivity (Wildman–Crippen MR) is 53.4 cm³/mol. The third-order valence-corrected chi connectivity index (χ3v) is 2.19. The summed E-state index contributed by atoms with van der Waals surface area (Å²) in [5.74, 6) is 0. The quantitative estimate of drug-likeness (QED) is 0.659. The van der Waals surface area contributed by atoms with Gasteiger partial charge in [-0.15, -0.1) is 6.58 Å². The lowest BCUT2D eigenvalue weighted by Gasteiger charge is -2.25. The minimum absolute atomic E-state index is 0.344. The zero-order valence-corrected chi connectivity index (χ0v) is 8.16. The van der Waals surface area contributed by atoms with E-state index in [0.29, 0.717) is 0 Å². The number of ether oxygens (including phenoxy) is 1. The van der Waals surface area contributed by atoms with Gasteiger partial charge in [-0.2, -0.15) is 0 Å². The molecule has 0 aromatic carbocycles. The molecule has 1 aromatic rings. The van der Waals surface area contributed by atoms with E-state index in [1.54, 1.807) is 13.3 Å². The Hall–Kier alpha value is -1.15. The van der Waals surface area contributed by atoms with Crippen LogP contribution in [0, 0.1) is 0 Å². The molecule has 1 heterocycles. The molecule has 0 aliphatic carbocycles. The molecule has 1 rings (SSSR count). The topological polar surface area (TPSA) is 22.1 Å². The van der Waals surface area contributed by atoms with Gasteiger partial charge in [0.25, 0.3) is 0 Å². The summed E-state index contributed by atoms with van der Waals surface area (Å²) in [6, 6.07) is 5.82. The average molecular weight is 177 g/mol. The fourth-order valence-corrected chi connectivity index (χ4v) is 1.24. The monoisotopic (exact) mass is 177 g/mol. The van der Waals surface area contributed by atoms with Crippen molar-refractivity contribution >= 4 is 0 Å². The van der Waals surface area contributed by atoms with Crippen LogP contribution in [0.4, 0.5) is 0 Å². The Morgan fingerprint density at radius 1 is 1.62 bits per heavy atom. The van der Waals surface area contributed by atoms with Crippen molar-refractivity contribution in [2.45, 2.75) is 18.9 Å². The fourth-order valence-electron chi connectivity index (χ4n) is 1.24. The van der Waals surface area contributed by atoms with Crippen LogP contribution in [0.5, 0.6) is 0 Å². The predicted octanol–water partition coefficient (Wildman–Crippen LogP) is 2.52. The molecular weight excluding hydrogens is 162 g/mol. The number of pyridine rings is 1. The number of rotatable bonds is 4. The van der Waals surface area contributed by atoms with E-state index < -0.39 is 0 Å². The van der Waals surface area contributed by atoms with Crippen molar-refractivity contribution in [3.8, 4) is 0 Å². The van der Waals surface area contributed by atoms with Gasteiger partial charge in [-0.25, -0.2) is 0 Å². The summed E-state index contributed by atoms with van der Waals surface area (Å²) in [5.41, 5.74) is 0.598. The second-order valence-corrected chi connectivity index (χ2v) is 3.14. The number of aromatic nitrogens is 1. The maximum absolute atomic E-state index is 5.43. The number of methoxy groups -OCH3 is 1. The molecule has 0 aliphatic rings. The minimum Gasteiger partial charge on any atom is -0.372 e. The van der Waals surface area contributed by atoms with Crippen LogP contribution in [-0.2, 0) is 10.3 Å². The summed E-state index contributed by atoms with van der Waals surface area (Å²) in [5, 5.41) is 0. The first-order chi connectivity index (χ1) is 6.23. The van der Waals surface area contributed by atoms with Gasteiger partial charge in [0.2, 0.25) is 0 Å². The number of hydrogen-bond acceptors (Lipinski definition) is 2. The molecule has 13 heavy (non-hydrogen) atoms. The highest BCUT2D eigenvalue weighted by Gasteiger charge is 2.25. The summed E-state index contributed by atoms with van der Waals surface area (Å²) >= 11 is 0. The Morgan fingerprint density at radius 2 is 2.38 bits per heavy atom. The third kappa shape index (κ3) is 2.16. The molecule has 0 radical (unpaired) electrons. The molecule has 1 aromatic heterocycles. The van der Waals surface area contributed by atoms with E-state index in [4.69, 9.17) is 4.74 Å². The zero-order chi connectivity index (χ0) is 9.73. The van der Waals surface area contributed by atoms with Crippen molar-refractivity contribution in [1.29, 1.82) is 0 Å². The van der Waals surface area contributed by atoms with Gasteiger partial charge >= 0.3 is 0 Å². The number of nitrogens with zero attached hydrogens (tertiary/aromatic N) is 1. The normalized spacial score (nSPS) is 14.9. The van der Waals surface area contributed by atoms with Crippen LogP contribution in [0.25, 0.3) is 0 Å². The first-order valence-corrected chi connectivity index (χ1v) is 4.30. The lowest BCUT2D eigenvalue weighted by atomic mass is 9.97. The van der Waals surface area contributed by atoms with Gasteiger partial charge in [0.05, 0.1) is 5.69 Å². The van der Waals surface area contributed by atoms with Crippen molar-refractivity contribution < 1.29 is 4.74 Å². The molecule has 0 N–H and O–H groups in total. The van der Waals surface area contributed by atoms with Gasteiger partial charge in [-0.05, 0) is 25.5 Å². The summed E-state index contributed by atoms with van der Waals surface area (Å²) in [6.45, 7) is 5.72. The second kappa shape index (κ2) is 4.19. The maximum atomic E-state index is 5.43. The Labute approximate surface area is 79.3 Å². The van der Waals surface area contributed by atoms with E-state index in [1.807, 2.05) is 31.2 Å². The first-order valence-electron chi connectivity index (χ1n) is 4.30. The van der Waals surface area contributed by atoms with E-state index >= 15 is 0 Å². The summed E-state index contributed by atoms with van der Waals surface area (Å²) in [6.07, 6.45) is 4.38. The van der Waals surface area contributed by atoms with Gasteiger partial charge in [0.1, 0.15) is 5.60 Å². The molecule has 70 valence electrons. The van der Waals surface area contributed by atoms with Crippen molar-refractivity contribution in [3.05, 3.63) is 42.7 Å². The van der Waals surface area contributed by atoms with Crippen LogP contribution in [0.3, 0.4) is 0 Å². The highest BCUT2D eigenvalue weighted by Crippen LogP contribution is 2.26. The highest BCUT2D eigenvalue weighted by molar-refractivity contribution is 5.13. The second-order valence-electron chi connectivity index (χ2n) is 3.14. The molecule has 0 fully saturated rings. The van der Waals surface area contributed by atoms with E-state index in [0.717, 1.165) is 12.1 Å². The summed E-state index contributed by atoms with van der Waals surface area (Å²) in [7, 11) is 1.69. The van der Waals surface area contributed by atoms with Crippen LogP contribution in [-0.4, -0.2) is 12.1 Å². The Balaban J connectivity index is 2.95. The summed E-state index contributed by atoms with van der Waals surface area (Å²) < 4.78 is 5.43. The maximum Gasteiger partial charge on any atom is 0.110 e. The van der Waals surface area contributed by atoms with Crippen molar-refractivity contribution in [3.63, 3.8) is 0 Å². The van der Waals surface area contributed by atoms with Crippen LogP contribution >= 0.6 is 0 Å². The lowest BCUT2D eigenvalue weighted by Crippen LogP contribution is -2.24. The lowest BCUT2D eigenvalue weighted by molar-refractivity contribution is 0.000944. The minimum atomic E-state index is -0.344. The molecule has 0 spiro atoms. The molecule has 2 nitrogen and oxygen atoms in total. The van der Waals surface area contributed by atoms with E-state index in [9.17, 15) is 0 Å². The molecule has 0 saturated carbocycles. The van der Waals surface area contributed by atoms with Crippen molar-refractivity contribution in [2.75, 3.05) is 7.11 Å². The molecule has 1 unspecified atom stereocenters. The van der Waals surface area contributed by atoms with E-state index in [1.165, 1.54) is 0 Å². The van der Waals surface area contributed by atoms with Crippen LogP contribution in [0.15, 0.2) is 37.1 Å². The molecule has 0 aliphatic heterocycles. The van der Waals surface area contributed by atoms with Gasteiger partial charge in [0, 0.05) is 13.3 Å². The summed E-state index contributed by atoms with van der Waals surface area (Å²) in [4.78, 5) is 4.27. The first kappa shape index (κ1) is 9.93. The smallest absolute Gasteiger partial charge is 0.110 e. The van der Waals surface area contributed by atoms with Gasteiger partial charge in [-0.3, -0.25) is 4.98 Å². The van der Waals surface area contributed by atoms with Crippen molar-refractivity contribution in [2.24, 2.45) is 0 Å². The largest absolute Gasteiger partial charge is 0.372 e. The van der Waals surface area contributed by atoms with Crippen molar-refractivity contribution in [1.82, 2.24) is 4.98 Å². The van der Waals surface area contributed by atoms with Gasteiger partial charge < -0.3 is 4.74 Å². The SMILES string of the molecule is C=CCC(C)(OC)c1ccccn1. The fraction of sp³-hybridized carbons (Fsp3) is 0.364. The van der Waals surface area contributed by atoms with E-state index in [2.05, 4.69) is 11.6 Å². The van der Waals surface area contributed by atoms with Crippen LogP contribution in [0.1, 0.15) is 19.0 Å². The molecule has 2 heteroatoms. The highest BCUT2D eigenvalue weighted by atomic mass is 16.5. The van der Waals surface area contributed by atoms with Gasteiger partial charge in [-0.1, -0.05) is 12.1 Å². The number of hydrogen-bond donors (Lipinski definition) is 0. The molecule has 0 amide bonds. The zero-order valence-electron chi connectivity index (χ0n) is 8.16. The van der Waals surface area contributed by atoms with Gasteiger partial charge in [0.15, 0.2) is 0 Å². The third-order valence-electron chi connectivity index (χ3n) is 2.19.